The number of aryl methyl sites for hydroxylation is 1. The first-order valence-corrected chi connectivity index (χ1v) is 11.9. The summed E-state index contributed by atoms with van der Waals surface area (Å²) in [6.07, 6.45) is 2.39. The lowest BCUT2D eigenvalue weighted by atomic mass is 10.1. The van der Waals surface area contributed by atoms with Crippen LogP contribution in [0.1, 0.15) is 43.7 Å². The number of aromatic nitrogens is 1. The molecule has 0 radical (unpaired) electrons. The fourth-order valence-corrected chi connectivity index (χ4v) is 3.43. The van der Waals surface area contributed by atoms with E-state index in [2.05, 4.69) is 51.1 Å². The molecule has 0 saturated carbocycles. The van der Waals surface area contributed by atoms with Crippen LogP contribution in [0.3, 0.4) is 0 Å². The monoisotopic (exact) mass is 373 g/mol. The molecule has 1 heterocycles. The first-order valence-electron chi connectivity index (χ1n) is 9.01. The summed E-state index contributed by atoms with van der Waals surface area (Å²) in [5, 5.41) is 1.19. The fraction of sp³-hybridized carbons (Fsp3) is 0.476. The van der Waals surface area contributed by atoms with E-state index in [0.29, 0.717) is 17.9 Å². The zero-order valence-corrected chi connectivity index (χ0v) is 18.1. The number of carbonyl (C=O) groups is 1. The molecule has 0 N–H and O–H groups in total. The Bertz CT molecular complexity index is 815. The molecule has 1 aromatic heterocycles. The second-order valence-electron chi connectivity index (χ2n) is 8.37. The molecule has 142 valence electrons. The van der Waals surface area contributed by atoms with E-state index in [-0.39, 0.29) is 11.1 Å². The molecule has 0 fully saturated rings. The lowest BCUT2D eigenvalue weighted by molar-refractivity contribution is 0.111. The van der Waals surface area contributed by atoms with Crippen molar-refractivity contribution in [2.45, 2.75) is 58.5 Å². The smallest absolute Gasteiger partial charge is 0.192 e. The van der Waals surface area contributed by atoms with Crippen LogP contribution in [0.5, 0.6) is 5.75 Å². The highest BCUT2D eigenvalue weighted by molar-refractivity contribution is 6.74. The topological polar surface area (TPSA) is 40.5 Å². The third kappa shape index (κ3) is 4.10. The summed E-state index contributed by atoms with van der Waals surface area (Å²) < 4.78 is 14.3. The van der Waals surface area contributed by atoms with Gasteiger partial charge < -0.3 is 13.7 Å². The number of rotatable bonds is 7. The number of carbonyl (C=O) groups excluding carboxylic acids is 1. The van der Waals surface area contributed by atoms with Crippen LogP contribution >= 0.6 is 0 Å². The predicted molar refractivity (Wildman–Crippen MR) is 111 cm³/mol. The van der Waals surface area contributed by atoms with Gasteiger partial charge in [0.15, 0.2) is 14.6 Å². The van der Waals surface area contributed by atoms with Crippen LogP contribution < -0.4 is 4.74 Å². The van der Waals surface area contributed by atoms with Gasteiger partial charge in [0.25, 0.3) is 0 Å². The van der Waals surface area contributed by atoms with E-state index in [1.165, 1.54) is 0 Å². The molecule has 0 amide bonds. The average molecular weight is 374 g/mol. The van der Waals surface area contributed by atoms with Crippen molar-refractivity contribution in [3.63, 3.8) is 0 Å². The molecule has 1 aromatic carbocycles. The number of aldehydes is 1. The normalized spacial score (nSPS) is 13.7. The minimum absolute atomic E-state index is 0.159. The first kappa shape index (κ1) is 20.5. The summed E-state index contributed by atoms with van der Waals surface area (Å²) in [5.74, 6) is 0.581. The summed E-state index contributed by atoms with van der Waals surface area (Å²) in [7, 11) is 0.202. The fourth-order valence-electron chi connectivity index (χ4n) is 2.49. The molecule has 0 aliphatic carbocycles. The van der Waals surface area contributed by atoms with E-state index >= 15 is 0 Å². The molecule has 2 rings (SSSR count). The largest absolute Gasteiger partial charge is 0.486 e. The third-order valence-corrected chi connectivity index (χ3v) is 9.91. The van der Waals surface area contributed by atoms with Crippen molar-refractivity contribution >= 4 is 25.5 Å². The molecule has 0 saturated heterocycles. The van der Waals surface area contributed by atoms with Crippen LogP contribution in [0.25, 0.3) is 10.9 Å². The molecular formula is C21H31NO3Si. The van der Waals surface area contributed by atoms with Gasteiger partial charge in [0.2, 0.25) is 0 Å². The van der Waals surface area contributed by atoms with Crippen molar-refractivity contribution in [3.8, 4) is 5.75 Å². The van der Waals surface area contributed by atoms with E-state index in [4.69, 9.17) is 9.16 Å². The number of ether oxygens (including phenoxy) is 1. The van der Waals surface area contributed by atoms with E-state index < -0.39 is 8.32 Å². The van der Waals surface area contributed by atoms with Gasteiger partial charge in [0, 0.05) is 24.2 Å². The second-order valence-corrected chi connectivity index (χ2v) is 13.2. The second kappa shape index (κ2) is 7.41. The minimum atomic E-state index is -1.82. The summed E-state index contributed by atoms with van der Waals surface area (Å²) in [6, 6.07) is 5.90. The lowest BCUT2D eigenvalue weighted by Crippen LogP contribution is -2.40. The van der Waals surface area contributed by atoms with Crippen LogP contribution in [0.15, 0.2) is 30.9 Å². The highest BCUT2D eigenvalue weighted by atomic mass is 28.4. The standard InChI is InChI=1S/C21H31NO3Si/c1-9-15(2)25-20-12-19-16(10-17(20)13-23)11-18(22(19)6)14-24-26(7,8)21(3,4)5/h9-13,15H,1,14H2,2-8H3. The molecular weight excluding hydrogens is 342 g/mol. The van der Waals surface area contributed by atoms with Gasteiger partial charge in [-0.25, -0.2) is 0 Å². The number of fused-ring (bicyclic) bond motifs is 1. The molecule has 5 heteroatoms. The predicted octanol–water partition coefficient (Wildman–Crippen LogP) is 5.47. The Hall–Kier alpha value is -1.85. The first-order chi connectivity index (χ1) is 12.0. The van der Waals surface area contributed by atoms with E-state index in [9.17, 15) is 4.79 Å². The molecule has 0 bridgehead atoms. The Morgan fingerprint density at radius 2 is 1.92 bits per heavy atom. The van der Waals surface area contributed by atoms with Gasteiger partial charge in [-0.1, -0.05) is 33.4 Å². The Morgan fingerprint density at radius 1 is 1.27 bits per heavy atom. The van der Waals surface area contributed by atoms with Crippen LogP contribution in [-0.2, 0) is 18.1 Å². The maximum atomic E-state index is 11.5. The van der Waals surface area contributed by atoms with E-state index in [0.717, 1.165) is 22.9 Å². The van der Waals surface area contributed by atoms with Gasteiger partial charge in [-0.15, -0.1) is 0 Å². The van der Waals surface area contributed by atoms with Crippen molar-refractivity contribution in [1.82, 2.24) is 4.57 Å². The molecule has 0 spiro atoms. The molecule has 0 aliphatic heterocycles. The lowest BCUT2D eigenvalue weighted by Gasteiger charge is -2.36. The summed E-state index contributed by atoms with van der Waals surface area (Å²) in [5.41, 5.74) is 2.67. The number of hydrogen-bond acceptors (Lipinski definition) is 3. The zero-order chi connectivity index (χ0) is 19.7. The van der Waals surface area contributed by atoms with Crippen LogP contribution in [0.2, 0.25) is 18.1 Å². The number of benzene rings is 1. The Balaban J connectivity index is 2.38. The molecule has 2 aromatic rings. The van der Waals surface area contributed by atoms with Crippen molar-refractivity contribution in [2.75, 3.05) is 0 Å². The molecule has 4 nitrogen and oxygen atoms in total. The Morgan fingerprint density at radius 3 is 2.46 bits per heavy atom. The van der Waals surface area contributed by atoms with Gasteiger partial charge in [-0.2, -0.15) is 0 Å². The van der Waals surface area contributed by atoms with Gasteiger partial charge in [-0.3, -0.25) is 4.79 Å². The zero-order valence-electron chi connectivity index (χ0n) is 17.1. The van der Waals surface area contributed by atoms with Crippen LogP contribution in [0, 0.1) is 0 Å². The Labute approximate surface area is 157 Å². The third-order valence-electron chi connectivity index (χ3n) is 5.43. The van der Waals surface area contributed by atoms with Crippen molar-refractivity contribution < 1.29 is 14.0 Å². The van der Waals surface area contributed by atoms with Gasteiger partial charge in [0.1, 0.15) is 11.9 Å². The summed E-state index contributed by atoms with van der Waals surface area (Å²) in [4.78, 5) is 11.5. The quantitative estimate of drug-likeness (QED) is 0.367. The van der Waals surface area contributed by atoms with Crippen LogP contribution in [0.4, 0.5) is 0 Å². The molecule has 0 aliphatic rings. The Kier molecular flexibility index (Phi) is 5.83. The van der Waals surface area contributed by atoms with E-state index in [1.54, 1.807) is 6.08 Å². The van der Waals surface area contributed by atoms with Crippen molar-refractivity contribution in [2.24, 2.45) is 7.05 Å². The summed E-state index contributed by atoms with van der Waals surface area (Å²) in [6.45, 7) is 17.4. The van der Waals surface area contributed by atoms with Gasteiger partial charge >= 0.3 is 0 Å². The summed E-state index contributed by atoms with van der Waals surface area (Å²) >= 11 is 0. The minimum Gasteiger partial charge on any atom is -0.486 e. The maximum Gasteiger partial charge on any atom is 0.192 e. The average Bonchev–Trinajstić information content (AvgIpc) is 2.86. The number of hydrogen-bond donors (Lipinski definition) is 0. The van der Waals surface area contributed by atoms with Crippen molar-refractivity contribution in [1.29, 1.82) is 0 Å². The highest BCUT2D eigenvalue weighted by Crippen LogP contribution is 2.37. The molecule has 1 unspecified atom stereocenters. The van der Waals surface area contributed by atoms with Gasteiger partial charge in [-0.05, 0) is 37.2 Å². The SMILES string of the molecule is C=CC(C)Oc1cc2c(cc1C=O)cc(CO[Si](C)(C)C(C)(C)C)n2C. The molecule has 1 atom stereocenters. The van der Waals surface area contributed by atoms with Crippen molar-refractivity contribution in [3.05, 3.63) is 42.1 Å². The maximum absolute atomic E-state index is 11.5. The van der Waals surface area contributed by atoms with Crippen LogP contribution in [-0.4, -0.2) is 25.3 Å². The highest BCUT2D eigenvalue weighted by Gasteiger charge is 2.37. The van der Waals surface area contributed by atoms with E-state index in [1.807, 2.05) is 26.1 Å². The number of nitrogens with zero attached hydrogens (tertiary/aromatic N) is 1. The van der Waals surface area contributed by atoms with Gasteiger partial charge in [0.05, 0.1) is 17.7 Å². The molecule has 26 heavy (non-hydrogen) atoms.